The van der Waals surface area contributed by atoms with Gasteiger partial charge in [-0.1, -0.05) is 12.1 Å². The van der Waals surface area contributed by atoms with Crippen LogP contribution in [0.5, 0.6) is 0 Å². The van der Waals surface area contributed by atoms with Crippen LogP contribution >= 0.6 is 0 Å². The van der Waals surface area contributed by atoms with Crippen LogP contribution in [0.25, 0.3) is 21.5 Å². The zero-order valence-electron chi connectivity index (χ0n) is 15.9. The van der Waals surface area contributed by atoms with Gasteiger partial charge in [-0.2, -0.15) is 5.26 Å². The third-order valence-electron chi connectivity index (χ3n) is 4.94. The first-order chi connectivity index (χ1) is 13.5. The minimum atomic E-state index is 0.509. The normalized spacial score (nSPS) is 10.4. The highest BCUT2D eigenvalue weighted by atomic mass is 14.8. The van der Waals surface area contributed by atoms with E-state index in [1.54, 1.807) is 18.5 Å². The van der Waals surface area contributed by atoms with Gasteiger partial charge < -0.3 is 17.2 Å². The van der Waals surface area contributed by atoms with Gasteiger partial charge in [-0.05, 0) is 65.6 Å². The summed E-state index contributed by atoms with van der Waals surface area (Å²) in [6, 6.07) is 13.6. The van der Waals surface area contributed by atoms with E-state index in [0.717, 1.165) is 32.7 Å². The highest BCUT2D eigenvalue weighted by molar-refractivity contribution is 5.94. The highest BCUT2D eigenvalue weighted by Gasteiger charge is 2.05. The van der Waals surface area contributed by atoms with Gasteiger partial charge in [-0.15, -0.1) is 0 Å². The number of anilines is 2. The minimum Gasteiger partial charge on any atom is -0.383 e. The van der Waals surface area contributed by atoms with Crippen LogP contribution in [0.4, 0.5) is 11.6 Å². The molecule has 0 aliphatic carbocycles. The van der Waals surface area contributed by atoms with Crippen LogP contribution in [-0.4, -0.2) is 9.97 Å². The first-order valence-corrected chi connectivity index (χ1v) is 8.84. The van der Waals surface area contributed by atoms with E-state index in [1.165, 1.54) is 5.56 Å². The van der Waals surface area contributed by atoms with Crippen LogP contribution in [0.2, 0.25) is 0 Å². The summed E-state index contributed by atoms with van der Waals surface area (Å²) in [4.78, 5) is 8.05. The van der Waals surface area contributed by atoms with Gasteiger partial charge in [0, 0.05) is 29.7 Å². The van der Waals surface area contributed by atoms with E-state index in [-0.39, 0.29) is 0 Å². The summed E-state index contributed by atoms with van der Waals surface area (Å²) in [7, 11) is 0. The van der Waals surface area contributed by atoms with Crippen LogP contribution in [0.15, 0.2) is 48.8 Å². The van der Waals surface area contributed by atoms with E-state index in [4.69, 9.17) is 22.5 Å². The second-order valence-electron chi connectivity index (χ2n) is 6.49. The molecule has 0 aliphatic heterocycles. The lowest BCUT2D eigenvalue weighted by atomic mass is 10.0. The fourth-order valence-electron chi connectivity index (χ4n) is 3.24. The van der Waals surface area contributed by atoms with E-state index < -0.39 is 0 Å². The lowest BCUT2D eigenvalue weighted by Crippen LogP contribution is -2.00. The standard InChI is InChI=1S/C11H13N3.C11H9N3/c2*1-7-8(6-12)2-3-10-9(7)4-5-14-11(10)13/h2-5H,6,12H2,1H3,(H2,13,14);2-5H,1H3,(H2,13,14). The van der Waals surface area contributed by atoms with Crippen LogP contribution < -0.4 is 17.2 Å². The fourth-order valence-corrected chi connectivity index (χ4v) is 3.24. The molecule has 6 heteroatoms. The summed E-state index contributed by atoms with van der Waals surface area (Å²) >= 11 is 0. The lowest BCUT2D eigenvalue weighted by Gasteiger charge is -2.08. The van der Waals surface area contributed by atoms with Gasteiger partial charge in [0.05, 0.1) is 11.6 Å². The topological polar surface area (TPSA) is 128 Å². The van der Waals surface area contributed by atoms with Crippen molar-refractivity contribution in [1.29, 1.82) is 5.26 Å². The number of nitrogens with zero attached hydrogens (tertiary/aromatic N) is 3. The predicted octanol–water partition coefficient (Wildman–Crippen LogP) is 3.58. The number of nitrogens with two attached hydrogens (primary N) is 3. The first kappa shape index (κ1) is 19.1. The Balaban J connectivity index is 0.000000161. The van der Waals surface area contributed by atoms with Gasteiger partial charge in [-0.25, -0.2) is 9.97 Å². The first-order valence-electron chi connectivity index (χ1n) is 8.84. The molecular weight excluding hydrogens is 348 g/mol. The Morgan fingerprint density at radius 1 is 0.786 bits per heavy atom. The molecule has 140 valence electrons. The van der Waals surface area contributed by atoms with E-state index in [2.05, 4.69) is 23.0 Å². The largest absolute Gasteiger partial charge is 0.383 e. The Morgan fingerprint density at radius 2 is 1.32 bits per heavy atom. The van der Waals surface area contributed by atoms with Crippen molar-refractivity contribution in [1.82, 2.24) is 9.97 Å². The number of hydrogen-bond donors (Lipinski definition) is 3. The molecule has 4 aromatic rings. The molecule has 0 radical (unpaired) electrons. The highest BCUT2D eigenvalue weighted by Crippen LogP contribution is 2.25. The molecule has 0 saturated carbocycles. The molecule has 2 aromatic heterocycles. The van der Waals surface area contributed by atoms with Gasteiger partial charge >= 0.3 is 0 Å². The van der Waals surface area contributed by atoms with Crippen molar-refractivity contribution in [2.24, 2.45) is 5.73 Å². The van der Waals surface area contributed by atoms with Crippen LogP contribution in [0.3, 0.4) is 0 Å². The summed E-state index contributed by atoms with van der Waals surface area (Å²) < 4.78 is 0. The number of nitriles is 1. The van der Waals surface area contributed by atoms with Crippen molar-refractivity contribution in [3.05, 3.63) is 71.0 Å². The molecule has 6 N–H and O–H groups in total. The van der Waals surface area contributed by atoms with E-state index >= 15 is 0 Å². The summed E-state index contributed by atoms with van der Waals surface area (Å²) in [5.41, 5.74) is 21.1. The Morgan fingerprint density at radius 3 is 1.86 bits per heavy atom. The maximum absolute atomic E-state index is 8.85. The lowest BCUT2D eigenvalue weighted by molar-refractivity contribution is 1.06. The Hall–Kier alpha value is -3.69. The summed E-state index contributed by atoms with van der Waals surface area (Å²) in [6.45, 7) is 4.54. The molecule has 4 rings (SSSR count). The van der Waals surface area contributed by atoms with Crippen molar-refractivity contribution in [3.63, 3.8) is 0 Å². The molecule has 0 unspecified atom stereocenters. The number of aryl methyl sites for hydroxylation is 2. The van der Waals surface area contributed by atoms with Crippen molar-refractivity contribution in [2.45, 2.75) is 20.4 Å². The van der Waals surface area contributed by atoms with Crippen LogP contribution in [0.1, 0.15) is 22.3 Å². The molecule has 0 atom stereocenters. The average molecular weight is 370 g/mol. The van der Waals surface area contributed by atoms with E-state index in [1.807, 2.05) is 37.3 Å². The number of aromatic nitrogens is 2. The zero-order valence-corrected chi connectivity index (χ0v) is 15.9. The predicted molar refractivity (Wildman–Crippen MR) is 114 cm³/mol. The molecule has 28 heavy (non-hydrogen) atoms. The fraction of sp³-hybridized carbons (Fsp3) is 0.136. The molecule has 2 heterocycles. The van der Waals surface area contributed by atoms with Gasteiger partial charge in [-0.3, -0.25) is 0 Å². The molecule has 2 aromatic carbocycles. The molecule has 6 nitrogen and oxygen atoms in total. The third kappa shape index (κ3) is 3.43. The molecule has 0 saturated heterocycles. The maximum Gasteiger partial charge on any atom is 0.131 e. The van der Waals surface area contributed by atoms with Crippen molar-refractivity contribution >= 4 is 33.2 Å². The summed E-state index contributed by atoms with van der Waals surface area (Å²) in [5.74, 6) is 1.09. The number of fused-ring (bicyclic) bond motifs is 2. The summed E-state index contributed by atoms with van der Waals surface area (Å²) in [5, 5.41) is 12.9. The van der Waals surface area contributed by atoms with Gasteiger partial charge in [0.15, 0.2) is 0 Å². The zero-order chi connectivity index (χ0) is 20.3. The van der Waals surface area contributed by atoms with Crippen molar-refractivity contribution in [2.75, 3.05) is 11.5 Å². The number of rotatable bonds is 1. The minimum absolute atomic E-state index is 0.509. The molecule has 0 bridgehead atoms. The average Bonchev–Trinajstić information content (AvgIpc) is 2.70. The van der Waals surface area contributed by atoms with Crippen LogP contribution in [-0.2, 0) is 6.54 Å². The van der Waals surface area contributed by atoms with Gasteiger partial charge in [0.25, 0.3) is 0 Å². The number of benzene rings is 2. The van der Waals surface area contributed by atoms with E-state index in [0.29, 0.717) is 23.7 Å². The third-order valence-corrected chi connectivity index (χ3v) is 4.94. The second-order valence-corrected chi connectivity index (χ2v) is 6.49. The number of nitrogen functional groups attached to an aromatic ring is 2. The number of hydrogen-bond acceptors (Lipinski definition) is 6. The second kappa shape index (κ2) is 7.91. The monoisotopic (exact) mass is 370 g/mol. The molecule has 0 fully saturated rings. The quantitative estimate of drug-likeness (QED) is 0.470. The Bertz CT molecular complexity index is 1210. The molecule has 0 aliphatic rings. The SMILES string of the molecule is Cc1c(C#N)ccc2c(N)nccc12.Cc1c(CN)ccc2c(N)nccc12. The summed E-state index contributed by atoms with van der Waals surface area (Å²) in [6.07, 6.45) is 3.39. The Kier molecular flexibility index (Phi) is 5.39. The van der Waals surface area contributed by atoms with Crippen molar-refractivity contribution < 1.29 is 0 Å². The van der Waals surface area contributed by atoms with Crippen molar-refractivity contribution in [3.8, 4) is 6.07 Å². The maximum atomic E-state index is 8.85. The van der Waals surface area contributed by atoms with Gasteiger partial charge in [0.1, 0.15) is 11.6 Å². The van der Waals surface area contributed by atoms with E-state index in [9.17, 15) is 0 Å². The molecule has 0 amide bonds. The number of pyridine rings is 2. The molecular formula is C22H22N6. The Labute approximate surface area is 163 Å². The van der Waals surface area contributed by atoms with Crippen LogP contribution in [0, 0.1) is 25.2 Å². The smallest absolute Gasteiger partial charge is 0.131 e. The van der Waals surface area contributed by atoms with Gasteiger partial charge in [0.2, 0.25) is 0 Å². The molecule has 0 spiro atoms.